The van der Waals surface area contributed by atoms with E-state index in [1.165, 1.54) is 0 Å². The standard InChI is InChI=1S/C15H20O4/c1-7-8-4-5-14(2,17)9-6-10-15(3,19-10)11(9)12(8)18-13(7)16/h8-12,17H,1,4-6H2,2-3H3. The Labute approximate surface area is 112 Å². The van der Waals surface area contributed by atoms with Gasteiger partial charge in [0.2, 0.25) is 0 Å². The quantitative estimate of drug-likeness (QED) is 0.408. The Hall–Kier alpha value is -0.870. The summed E-state index contributed by atoms with van der Waals surface area (Å²) >= 11 is 0. The van der Waals surface area contributed by atoms with Gasteiger partial charge in [0.1, 0.15) is 6.10 Å². The summed E-state index contributed by atoms with van der Waals surface area (Å²) in [4.78, 5) is 11.8. The number of fused-ring (bicyclic) bond motifs is 5. The zero-order chi connectivity index (χ0) is 13.6. The first kappa shape index (κ1) is 11.9. The van der Waals surface area contributed by atoms with E-state index in [2.05, 4.69) is 13.5 Å². The molecule has 104 valence electrons. The fourth-order valence-corrected chi connectivity index (χ4v) is 4.75. The lowest BCUT2D eigenvalue weighted by atomic mass is 9.75. The van der Waals surface area contributed by atoms with Crippen molar-refractivity contribution in [3.63, 3.8) is 0 Å². The third kappa shape index (κ3) is 1.34. The van der Waals surface area contributed by atoms with Gasteiger partial charge in [-0.1, -0.05) is 6.58 Å². The maximum Gasteiger partial charge on any atom is 0.334 e. The molecule has 0 aromatic rings. The molecular weight excluding hydrogens is 244 g/mol. The number of esters is 1. The molecule has 4 fully saturated rings. The first-order chi connectivity index (χ1) is 8.84. The van der Waals surface area contributed by atoms with E-state index in [1.807, 2.05) is 6.92 Å². The van der Waals surface area contributed by atoms with Gasteiger partial charge in [-0.2, -0.15) is 0 Å². The number of carbonyl (C=O) groups is 1. The fraction of sp³-hybridized carbons (Fsp3) is 0.800. The van der Waals surface area contributed by atoms with Gasteiger partial charge in [0, 0.05) is 17.4 Å². The number of carbonyl (C=O) groups excluding carboxylic acids is 1. The van der Waals surface area contributed by atoms with Crippen molar-refractivity contribution in [3.8, 4) is 0 Å². The fourth-order valence-electron chi connectivity index (χ4n) is 4.75. The SMILES string of the molecule is C=C1C(=O)OC2C1CCC(C)(O)C1CC3OC3(C)C21. The normalized spacial score (nSPS) is 59.0. The Morgan fingerprint density at radius 1 is 1.42 bits per heavy atom. The average molecular weight is 264 g/mol. The molecule has 4 nitrogen and oxygen atoms in total. The van der Waals surface area contributed by atoms with Crippen LogP contribution in [0.5, 0.6) is 0 Å². The number of aliphatic hydroxyl groups is 1. The number of epoxide rings is 1. The van der Waals surface area contributed by atoms with E-state index >= 15 is 0 Å². The maximum absolute atomic E-state index is 11.8. The predicted molar refractivity (Wildman–Crippen MR) is 67.2 cm³/mol. The summed E-state index contributed by atoms with van der Waals surface area (Å²) in [7, 11) is 0. The third-order valence-electron chi connectivity index (χ3n) is 6.01. The molecule has 19 heavy (non-hydrogen) atoms. The summed E-state index contributed by atoms with van der Waals surface area (Å²) in [6.45, 7) is 7.90. The molecule has 0 radical (unpaired) electrons. The molecule has 4 heteroatoms. The van der Waals surface area contributed by atoms with Gasteiger partial charge in [0.25, 0.3) is 0 Å². The van der Waals surface area contributed by atoms with Crippen molar-refractivity contribution >= 4 is 5.97 Å². The molecule has 2 heterocycles. The van der Waals surface area contributed by atoms with E-state index in [1.54, 1.807) is 0 Å². The molecule has 0 aromatic carbocycles. The van der Waals surface area contributed by atoms with Crippen molar-refractivity contribution in [2.45, 2.75) is 56.5 Å². The maximum atomic E-state index is 11.8. The molecule has 2 saturated heterocycles. The van der Waals surface area contributed by atoms with Crippen molar-refractivity contribution in [1.29, 1.82) is 0 Å². The summed E-state index contributed by atoms with van der Waals surface area (Å²) in [6, 6.07) is 0. The van der Waals surface area contributed by atoms with Gasteiger partial charge >= 0.3 is 5.97 Å². The molecule has 2 aliphatic carbocycles. The van der Waals surface area contributed by atoms with Gasteiger partial charge in [-0.25, -0.2) is 4.79 Å². The number of hydrogen-bond acceptors (Lipinski definition) is 4. The lowest BCUT2D eigenvalue weighted by Crippen LogP contribution is -2.44. The minimum Gasteiger partial charge on any atom is -0.458 e. The monoisotopic (exact) mass is 264 g/mol. The third-order valence-corrected chi connectivity index (χ3v) is 6.01. The van der Waals surface area contributed by atoms with Gasteiger partial charge in [0.15, 0.2) is 0 Å². The lowest BCUT2D eigenvalue weighted by Gasteiger charge is -2.36. The zero-order valence-electron chi connectivity index (χ0n) is 11.4. The largest absolute Gasteiger partial charge is 0.458 e. The topological polar surface area (TPSA) is 59.1 Å². The minimum absolute atomic E-state index is 0.0498. The predicted octanol–water partition coefficient (Wildman–Crippen LogP) is 1.42. The number of rotatable bonds is 0. The Bertz CT molecular complexity index is 483. The summed E-state index contributed by atoms with van der Waals surface area (Å²) in [5.74, 6) is 0.0462. The molecule has 4 rings (SSSR count). The van der Waals surface area contributed by atoms with Gasteiger partial charge < -0.3 is 14.6 Å². The molecular formula is C15H20O4. The molecule has 7 unspecified atom stereocenters. The van der Waals surface area contributed by atoms with Crippen LogP contribution in [-0.2, 0) is 14.3 Å². The number of ether oxygens (including phenoxy) is 2. The second-order valence-corrected chi connectivity index (χ2v) is 7.06. The van der Waals surface area contributed by atoms with Gasteiger partial charge in [0.05, 0.1) is 17.3 Å². The first-order valence-corrected chi connectivity index (χ1v) is 7.14. The minimum atomic E-state index is -0.693. The molecule has 2 saturated carbocycles. The summed E-state index contributed by atoms with van der Waals surface area (Å²) < 4.78 is 11.4. The Morgan fingerprint density at radius 2 is 2.16 bits per heavy atom. The second-order valence-electron chi connectivity index (χ2n) is 7.06. The van der Waals surface area contributed by atoms with E-state index in [-0.39, 0.29) is 41.5 Å². The summed E-state index contributed by atoms with van der Waals surface area (Å²) in [6.07, 6.45) is 2.42. The molecule has 0 aromatic heterocycles. The van der Waals surface area contributed by atoms with Gasteiger partial charge in [-0.15, -0.1) is 0 Å². The van der Waals surface area contributed by atoms with Crippen LogP contribution in [-0.4, -0.2) is 34.5 Å². The van der Waals surface area contributed by atoms with Crippen LogP contribution in [0.15, 0.2) is 12.2 Å². The molecule has 0 amide bonds. The van der Waals surface area contributed by atoms with Crippen LogP contribution in [0, 0.1) is 17.8 Å². The molecule has 0 bridgehead atoms. The first-order valence-electron chi connectivity index (χ1n) is 7.14. The Kier molecular flexibility index (Phi) is 2.03. The Balaban J connectivity index is 1.78. The average Bonchev–Trinajstić information content (AvgIpc) is 2.80. The highest BCUT2D eigenvalue weighted by Crippen LogP contribution is 2.64. The molecule has 4 aliphatic rings. The van der Waals surface area contributed by atoms with E-state index < -0.39 is 5.60 Å². The highest BCUT2D eigenvalue weighted by molar-refractivity contribution is 5.90. The zero-order valence-corrected chi connectivity index (χ0v) is 11.4. The lowest BCUT2D eigenvalue weighted by molar-refractivity contribution is -0.146. The molecule has 1 N–H and O–H groups in total. The van der Waals surface area contributed by atoms with Gasteiger partial charge in [-0.3, -0.25) is 0 Å². The van der Waals surface area contributed by atoms with Crippen LogP contribution in [0.4, 0.5) is 0 Å². The highest BCUT2D eigenvalue weighted by atomic mass is 16.6. The summed E-state index contributed by atoms with van der Waals surface area (Å²) in [5, 5.41) is 10.8. The highest BCUT2D eigenvalue weighted by Gasteiger charge is 2.72. The van der Waals surface area contributed by atoms with Crippen LogP contribution in [0.3, 0.4) is 0 Å². The molecule has 7 atom stereocenters. The molecule has 0 spiro atoms. The van der Waals surface area contributed by atoms with Crippen LogP contribution in [0.1, 0.15) is 33.1 Å². The Morgan fingerprint density at radius 3 is 2.89 bits per heavy atom. The van der Waals surface area contributed by atoms with Crippen molar-refractivity contribution < 1.29 is 19.4 Å². The van der Waals surface area contributed by atoms with Crippen LogP contribution in [0.2, 0.25) is 0 Å². The van der Waals surface area contributed by atoms with Crippen LogP contribution < -0.4 is 0 Å². The van der Waals surface area contributed by atoms with E-state index in [4.69, 9.17) is 9.47 Å². The second kappa shape index (κ2) is 3.23. The van der Waals surface area contributed by atoms with Crippen molar-refractivity contribution in [2.24, 2.45) is 17.8 Å². The van der Waals surface area contributed by atoms with E-state index in [0.717, 1.165) is 12.8 Å². The van der Waals surface area contributed by atoms with E-state index in [0.29, 0.717) is 12.0 Å². The smallest absolute Gasteiger partial charge is 0.334 e. The number of hydrogen-bond donors (Lipinski definition) is 1. The van der Waals surface area contributed by atoms with Crippen molar-refractivity contribution in [3.05, 3.63) is 12.2 Å². The van der Waals surface area contributed by atoms with Crippen molar-refractivity contribution in [2.75, 3.05) is 0 Å². The van der Waals surface area contributed by atoms with Crippen LogP contribution >= 0.6 is 0 Å². The van der Waals surface area contributed by atoms with E-state index in [9.17, 15) is 9.90 Å². The van der Waals surface area contributed by atoms with Crippen molar-refractivity contribution in [1.82, 2.24) is 0 Å². The van der Waals surface area contributed by atoms with Gasteiger partial charge in [-0.05, 0) is 39.0 Å². The van der Waals surface area contributed by atoms with Crippen LogP contribution in [0.25, 0.3) is 0 Å². The summed E-state index contributed by atoms with van der Waals surface area (Å²) in [5.41, 5.74) is -0.331. The molecule has 2 aliphatic heterocycles.